The molecule has 1 aliphatic rings. The predicted molar refractivity (Wildman–Crippen MR) is 260 cm³/mol. The van der Waals surface area contributed by atoms with Crippen LogP contribution in [0, 0.1) is 0 Å². The fourth-order valence-electron chi connectivity index (χ4n) is 7.52. The van der Waals surface area contributed by atoms with Crippen molar-refractivity contribution in [3.05, 3.63) is 60.8 Å². The summed E-state index contributed by atoms with van der Waals surface area (Å²) in [7, 11) is 0. The van der Waals surface area contributed by atoms with Crippen LogP contribution in [0.2, 0.25) is 0 Å². The number of unbranched alkanes of at least 4 members (excludes halogenated alkanes) is 21. The smallest absolute Gasteiger partial charge is 0.305 e. The Morgan fingerprint density at radius 3 is 1.64 bits per heavy atom. The standard InChI is InChI=1S/C53H93NO10/c1-3-5-7-9-11-13-14-15-16-17-18-21-25-29-33-37-41-49(58)62-42-38-34-30-26-22-19-20-24-28-32-36-40-48(57)54-45(46(56)39-35-31-27-23-12-10-8-6-4-2)44-63-53-52(61)51(60)50(59)47(43-55)64-53/h4,6,12,16-17,22-23,26,35,39,45-47,50-53,55-56,59-61H,3,5,7-11,13-15,18-21,24-25,27-34,36-38,40-44H2,1-2H3,(H,54,57)/b6-4+,17-16-,23-12+,26-22-,39-35+. The van der Waals surface area contributed by atoms with Gasteiger partial charge < -0.3 is 45.1 Å². The molecule has 1 saturated heterocycles. The van der Waals surface area contributed by atoms with Gasteiger partial charge in [0.1, 0.15) is 24.4 Å². The lowest BCUT2D eigenvalue weighted by atomic mass is 9.99. The van der Waals surface area contributed by atoms with Crippen molar-refractivity contribution in [3.8, 4) is 0 Å². The summed E-state index contributed by atoms with van der Waals surface area (Å²) in [6, 6.07) is -0.855. The second-order valence-electron chi connectivity index (χ2n) is 17.5. The minimum atomic E-state index is -1.59. The van der Waals surface area contributed by atoms with Gasteiger partial charge in [-0.25, -0.2) is 0 Å². The summed E-state index contributed by atoms with van der Waals surface area (Å²) >= 11 is 0. The Balaban J connectivity index is 2.16. The molecule has 7 unspecified atom stereocenters. The molecule has 0 aromatic rings. The van der Waals surface area contributed by atoms with Gasteiger partial charge in [0.2, 0.25) is 5.91 Å². The minimum absolute atomic E-state index is 0.0685. The molecule has 64 heavy (non-hydrogen) atoms. The first-order chi connectivity index (χ1) is 31.2. The van der Waals surface area contributed by atoms with Gasteiger partial charge in [-0.2, -0.15) is 0 Å². The van der Waals surface area contributed by atoms with E-state index in [0.717, 1.165) is 83.5 Å². The molecule has 1 amide bonds. The van der Waals surface area contributed by atoms with Crippen molar-refractivity contribution in [1.29, 1.82) is 0 Å². The maximum absolute atomic E-state index is 12.9. The number of rotatable bonds is 42. The molecule has 11 nitrogen and oxygen atoms in total. The Morgan fingerprint density at radius 1 is 0.594 bits per heavy atom. The maximum Gasteiger partial charge on any atom is 0.305 e. The van der Waals surface area contributed by atoms with Gasteiger partial charge in [0.15, 0.2) is 6.29 Å². The second-order valence-corrected chi connectivity index (χ2v) is 17.5. The summed E-state index contributed by atoms with van der Waals surface area (Å²) in [5.41, 5.74) is 0. The number of amides is 1. The van der Waals surface area contributed by atoms with E-state index in [9.17, 15) is 35.1 Å². The Kier molecular flexibility index (Phi) is 39.9. The van der Waals surface area contributed by atoms with Crippen LogP contribution in [0.4, 0.5) is 0 Å². The Morgan fingerprint density at radius 2 is 1.08 bits per heavy atom. The summed E-state index contributed by atoms with van der Waals surface area (Å²) in [6.07, 6.45) is 43.3. The first-order valence-electron chi connectivity index (χ1n) is 25.5. The summed E-state index contributed by atoms with van der Waals surface area (Å²) < 4.78 is 16.6. The van der Waals surface area contributed by atoms with Crippen molar-refractivity contribution in [2.45, 2.75) is 243 Å². The molecule has 1 rings (SSSR count). The Labute approximate surface area is 388 Å². The lowest BCUT2D eigenvalue weighted by molar-refractivity contribution is -0.302. The maximum atomic E-state index is 12.9. The highest BCUT2D eigenvalue weighted by Gasteiger charge is 2.44. The van der Waals surface area contributed by atoms with E-state index in [4.69, 9.17) is 14.2 Å². The zero-order valence-electron chi connectivity index (χ0n) is 40.2. The van der Waals surface area contributed by atoms with Gasteiger partial charge in [0.05, 0.1) is 32.0 Å². The highest BCUT2D eigenvalue weighted by Crippen LogP contribution is 2.22. The van der Waals surface area contributed by atoms with E-state index in [1.807, 2.05) is 19.1 Å². The quantitative estimate of drug-likeness (QED) is 0.0197. The molecule has 0 aromatic heterocycles. The number of ether oxygens (including phenoxy) is 3. The van der Waals surface area contributed by atoms with Gasteiger partial charge in [0.25, 0.3) is 0 Å². The number of esters is 1. The van der Waals surface area contributed by atoms with Crippen LogP contribution in [0.5, 0.6) is 0 Å². The van der Waals surface area contributed by atoms with Crippen molar-refractivity contribution >= 4 is 11.9 Å². The molecular formula is C53H93NO10. The average molecular weight is 904 g/mol. The van der Waals surface area contributed by atoms with E-state index in [0.29, 0.717) is 25.9 Å². The van der Waals surface area contributed by atoms with Gasteiger partial charge in [-0.1, -0.05) is 145 Å². The fraction of sp³-hybridized carbons (Fsp3) is 0.774. The van der Waals surface area contributed by atoms with Gasteiger partial charge in [-0.05, 0) is 103 Å². The third-order valence-corrected chi connectivity index (χ3v) is 11.6. The van der Waals surface area contributed by atoms with Crippen LogP contribution in [0.3, 0.4) is 0 Å². The largest absolute Gasteiger partial charge is 0.466 e. The van der Waals surface area contributed by atoms with Crippen LogP contribution in [0.25, 0.3) is 0 Å². The average Bonchev–Trinajstić information content (AvgIpc) is 3.29. The Bertz CT molecular complexity index is 1250. The number of carbonyl (C=O) groups is 2. The van der Waals surface area contributed by atoms with Gasteiger partial charge in [-0.3, -0.25) is 9.59 Å². The van der Waals surface area contributed by atoms with Gasteiger partial charge >= 0.3 is 5.97 Å². The van der Waals surface area contributed by atoms with Crippen LogP contribution < -0.4 is 5.32 Å². The van der Waals surface area contributed by atoms with E-state index < -0.39 is 49.5 Å². The van der Waals surface area contributed by atoms with E-state index >= 15 is 0 Å². The minimum Gasteiger partial charge on any atom is -0.466 e. The molecular weight excluding hydrogens is 811 g/mol. The number of hydrogen-bond donors (Lipinski definition) is 6. The van der Waals surface area contributed by atoms with Crippen LogP contribution in [-0.2, 0) is 23.8 Å². The summed E-state index contributed by atoms with van der Waals surface area (Å²) in [5, 5.41) is 54.0. The number of allylic oxidation sites excluding steroid dienone is 9. The van der Waals surface area contributed by atoms with Gasteiger partial charge in [-0.15, -0.1) is 0 Å². The number of carbonyl (C=O) groups excluding carboxylic acids is 2. The zero-order valence-corrected chi connectivity index (χ0v) is 40.2. The van der Waals surface area contributed by atoms with E-state index in [-0.39, 0.29) is 24.9 Å². The number of nitrogens with one attached hydrogen (secondary N) is 1. The van der Waals surface area contributed by atoms with Crippen molar-refractivity contribution in [3.63, 3.8) is 0 Å². The third kappa shape index (κ3) is 32.9. The number of hydrogen-bond acceptors (Lipinski definition) is 10. The molecule has 1 heterocycles. The Hall–Kier alpha value is -2.64. The summed E-state index contributed by atoms with van der Waals surface area (Å²) in [5.74, 6) is -0.300. The molecule has 0 bridgehead atoms. The van der Waals surface area contributed by atoms with Gasteiger partial charge in [0, 0.05) is 12.8 Å². The van der Waals surface area contributed by atoms with E-state index in [1.165, 1.54) is 77.0 Å². The molecule has 7 atom stereocenters. The van der Waals surface area contributed by atoms with Crippen molar-refractivity contribution in [1.82, 2.24) is 5.32 Å². The van der Waals surface area contributed by atoms with Crippen molar-refractivity contribution < 1.29 is 49.3 Å². The molecule has 1 aliphatic heterocycles. The molecule has 370 valence electrons. The highest BCUT2D eigenvalue weighted by molar-refractivity contribution is 5.76. The fourth-order valence-corrected chi connectivity index (χ4v) is 7.52. The van der Waals surface area contributed by atoms with Crippen molar-refractivity contribution in [2.24, 2.45) is 0 Å². The first-order valence-corrected chi connectivity index (χ1v) is 25.5. The topological polar surface area (TPSA) is 175 Å². The number of aliphatic hydroxyl groups excluding tert-OH is 5. The third-order valence-electron chi connectivity index (χ3n) is 11.6. The van der Waals surface area contributed by atoms with Crippen LogP contribution in [0.15, 0.2) is 60.8 Å². The molecule has 0 aliphatic carbocycles. The molecule has 0 spiro atoms. The molecule has 11 heteroatoms. The first kappa shape index (κ1) is 59.4. The highest BCUT2D eigenvalue weighted by atomic mass is 16.7. The molecule has 0 radical (unpaired) electrons. The van der Waals surface area contributed by atoms with Crippen LogP contribution >= 0.6 is 0 Å². The lowest BCUT2D eigenvalue weighted by Crippen LogP contribution is -2.60. The summed E-state index contributed by atoms with van der Waals surface area (Å²) in [4.78, 5) is 25.0. The number of aliphatic hydroxyl groups is 5. The molecule has 0 aromatic carbocycles. The van der Waals surface area contributed by atoms with Crippen LogP contribution in [-0.4, -0.2) is 100 Å². The van der Waals surface area contributed by atoms with E-state index in [2.05, 4.69) is 54.8 Å². The monoisotopic (exact) mass is 904 g/mol. The normalized spacial score (nSPS) is 20.4. The van der Waals surface area contributed by atoms with Crippen LogP contribution in [0.1, 0.15) is 200 Å². The van der Waals surface area contributed by atoms with E-state index in [1.54, 1.807) is 6.08 Å². The lowest BCUT2D eigenvalue weighted by Gasteiger charge is -2.40. The molecule has 6 N–H and O–H groups in total. The molecule has 0 saturated carbocycles. The van der Waals surface area contributed by atoms with Crippen molar-refractivity contribution in [2.75, 3.05) is 19.8 Å². The zero-order chi connectivity index (χ0) is 46.7. The predicted octanol–water partition coefficient (Wildman–Crippen LogP) is 10.3. The summed E-state index contributed by atoms with van der Waals surface area (Å²) in [6.45, 7) is 3.95. The second kappa shape index (κ2) is 43.0. The molecule has 1 fully saturated rings. The SMILES string of the molecule is C/C=C/CC/C=C/CC/C=C/C(O)C(COC1OC(CO)C(O)C(O)C1O)NC(=O)CCCCCCC/C=C\CCCCOC(=O)CCCCCCC/C=C\CCCCCCCCC.